The Morgan fingerprint density at radius 3 is 2.43 bits per heavy atom. The second kappa shape index (κ2) is 8.29. The third-order valence-electron chi connectivity index (χ3n) is 3.63. The molecule has 1 aromatic heterocycles. The Labute approximate surface area is 134 Å². The zero-order valence-electron chi connectivity index (χ0n) is 13.3. The molecule has 0 spiro atoms. The molecule has 1 heterocycles. The van der Waals surface area contributed by atoms with Crippen molar-refractivity contribution in [2.45, 2.75) is 32.7 Å². The number of aliphatic hydroxyl groups excluding tert-OH is 1. The van der Waals surface area contributed by atoms with Gasteiger partial charge in [0.2, 0.25) is 0 Å². The van der Waals surface area contributed by atoms with E-state index in [-0.39, 0.29) is 12.2 Å². The SMILES string of the molecule is Cc1cn(Cc2ccc(CC/C=C/CCO)cc2)c(=O)[nH]c1=O. The topological polar surface area (TPSA) is 75.1 Å². The molecule has 0 aliphatic rings. The Morgan fingerprint density at radius 2 is 1.74 bits per heavy atom. The summed E-state index contributed by atoms with van der Waals surface area (Å²) in [6.45, 7) is 2.31. The molecule has 0 amide bonds. The van der Waals surface area contributed by atoms with Crippen LogP contribution in [0.5, 0.6) is 0 Å². The number of allylic oxidation sites excluding steroid dienone is 1. The van der Waals surface area contributed by atoms with E-state index in [2.05, 4.69) is 23.2 Å². The van der Waals surface area contributed by atoms with E-state index in [9.17, 15) is 9.59 Å². The molecule has 0 unspecified atom stereocenters. The van der Waals surface area contributed by atoms with Crippen molar-refractivity contribution in [2.75, 3.05) is 6.61 Å². The van der Waals surface area contributed by atoms with E-state index < -0.39 is 5.69 Å². The quantitative estimate of drug-likeness (QED) is 0.765. The Bertz CT molecular complexity index is 770. The minimum Gasteiger partial charge on any atom is -0.396 e. The number of aromatic amines is 1. The van der Waals surface area contributed by atoms with Gasteiger partial charge >= 0.3 is 5.69 Å². The number of rotatable bonds is 7. The van der Waals surface area contributed by atoms with Crippen LogP contribution in [0.4, 0.5) is 0 Å². The molecule has 1 aromatic carbocycles. The van der Waals surface area contributed by atoms with Crippen LogP contribution in [0.3, 0.4) is 0 Å². The molecule has 2 rings (SSSR count). The van der Waals surface area contributed by atoms with E-state index in [4.69, 9.17) is 5.11 Å². The summed E-state index contributed by atoms with van der Waals surface area (Å²) in [5, 5.41) is 8.69. The highest BCUT2D eigenvalue weighted by Crippen LogP contribution is 2.08. The van der Waals surface area contributed by atoms with Crippen molar-refractivity contribution in [2.24, 2.45) is 0 Å². The van der Waals surface area contributed by atoms with Gasteiger partial charge in [-0.1, -0.05) is 36.4 Å². The number of nitrogens with one attached hydrogen (secondary N) is 1. The fourth-order valence-corrected chi connectivity index (χ4v) is 2.30. The highest BCUT2D eigenvalue weighted by Gasteiger charge is 2.02. The number of aryl methyl sites for hydroxylation is 2. The lowest BCUT2D eigenvalue weighted by Crippen LogP contribution is -2.31. The molecular formula is C18H22N2O3. The molecule has 0 aliphatic carbocycles. The highest BCUT2D eigenvalue weighted by atomic mass is 16.2. The van der Waals surface area contributed by atoms with Crippen LogP contribution in [0.2, 0.25) is 0 Å². The van der Waals surface area contributed by atoms with Crippen LogP contribution in [0.25, 0.3) is 0 Å². The molecule has 0 saturated heterocycles. The molecule has 0 saturated carbocycles. The molecule has 2 aromatic rings. The predicted octanol–water partition coefficient (Wildman–Crippen LogP) is 1.76. The van der Waals surface area contributed by atoms with Crippen LogP contribution in [0.1, 0.15) is 29.5 Å². The number of hydrogen-bond donors (Lipinski definition) is 2. The van der Waals surface area contributed by atoms with Gasteiger partial charge in [0.25, 0.3) is 5.56 Å². The molecule has 5 nitrogen and oxygen atoms in total. The van der Waals surface area contributed by atoms with Crippen molar-refractivity contribution >= 4 is 0 Å². The van der Waals surface area contributed by atoms with Crippen LogP contribution >= 0.6 is 0 Å². The van der Waals surface area contributed by atoms with Crippen LogP contribution in [-0.4, -0.2) is 21.3 Å². The average molecular weight is 314 g/mol. The van der Waals surface area contributed by atoms with Crippen LogP contribution in [-0.2, 0) is 13.0 Å². The van der Waals surface area contributed by atoms with E-state index in [0.717, 1.165) is 18.4 Å². The minimum atomic E-state index is -0.390. The second-order valence-corrected chi connectivity index (χ2v) is 5.54. The highest BCUT2D eigenvalue weighted by molar-refractivity contribution is 5.23. The summed E-state index contributed by atoms with van der Waals surface area (Å²) in [5.74, 6) is 0. The molecule has 0 bridgehead atoms. The smallest absolute Gasteiger partial charge is 0.328 e. The lowest BCUT2D eigenvalue weighted by Gasteiger charge is -2.07. The number of benzene rings is 1. The van der Waals surface area contributed by atoms with Crippen molar-refractivity contribution in [1.29, 1.82) is 0 Å². The van der Waals surface area contributed by atoms with Crippen molar-refractivity contribution in [3.05, 3.63) is 80.1 Å². The van der Waals surface area contributed by atoms with Gasteiger partial charge in [0.1, 0.15) is 0 Å². The maximum atomic E-state index is 11.8. The van der Waals surface area contributed by atoms with Crippen molar-refractivity contribution in [1.82, 2.24) is 9.55 Å². The van der Waals surface area contributed by atoms with Crippen molar-refractivity contribution in [3.63, 3.8) is 0 Å². The van der Waals surface area contributed by atoms with Gasteiger partial charge in [0, 0.05) is 18.4 Å². The monoisotopic (exact) mass is 314 g/mol. The first-order chi connectivity index (χ1) is 11.1. The first kappa shape index (κ1) is 17.0. The molecule has 0 radical (unpaired) electrons. The summed E-state index contributed by atoms with van der Waals surface area (Å²) >= 11 is 0. The van der Waals surface area contributed by atoms with Gasteiger partial charge in [-0.2, -0.15) is 0 Å². The molecule has 2 N–H and O–H groups in total. The van der Waals surface area contributed by atoms with Crippen molar-refractivity contribution < 1.29 is 5.11 Å². The molecule has 5 heteroatoms. The molecule has 23 heavy (non-hydrogen) atoms. The molecular weight excluding hydrogens is 292 g/mol. The Kier molecular flexibility index (Phi) is 6.11. The van der Waals surface area contributed by atoms with Gasteiger partial charge in [0.05, 0.1) is 6.54 Å². The van der Waals surface area contributed by atoms with E-state index in [1.54, 1.807) is 13.1 Å². The van der Waals surface area contributed by atoms with Gasteiger partial charge in [-0.15, -0.1) is 0 Å². The van der Waals surface area contributed by atoms with E-state index in [1.807, 2.05) is 18.2 Å². The maximum Gasteiger partial charge on any atom is 0.328 e. The second-order valence-electron chi connectivity index (χ2n) is 5.54. The fraction of sp³-hybridized carbons (Fsp3) is 0.333. The number of H-pyrrole nitrogens is 1. The zero-order valence-corrected chi connectivity index (χ0v) is 13.3. The fourth-order valence-electron chi connectivity index (χ4n) is 2.30. The number of nitrogens with zero attached hydrogens (tertiary/aromatic N) is 1. The first-order valence-electron chi connectivity index (χ1n) is 7.74. The third kappa shape index (κ3) is 5.07. The molecule has 0 fully saturated rings. The Hall–Kier alpha value is -2.40. The molecule has 0 aliphatic heterocycles. The normalized spacial score (nSPS) is 11.2. The standard InChI is InChI=1S/C18H22N2O3/c1-14-12-20(18(23)19-17(14)22)13-16-9-7-15(8-10-16)6-4-2-3-5-11-21/h2-3,7-10,12,21H,4-6,11,13H2,1H3,(H,19,22,23)/b3-2+. The van der Waals surface area contributed by atoms with Crippen LogP contribution < -0.4 is 11.2 Å². The predicted molar refractivity (Wildman–Crippen MR) is 90.8 cm³/mol. The summed E-state index contributed by atoms with van der Waals surface area (Å²) in [6.07, 6.45) is 8.23. The summed E-state index contributed by atoms with van der Waals surface area (Å²) < 4.78 is 1.50. The van der Waals surface area contributed by atoms with Crippen LogP contribution in [0.15, 0.2) is 52.2 Å². The Morgan fingerprint density at radius 1 is 1.09 bits per heavy atom. The average Bonchev–Trinajstić information content (AvgIpc) is 2.54. The van der Waals surface area contributed by atoms with Gasteiger partial charge in [0.15, 0.2) is 0 Å². The maximum absolute atomic E-state index is 11.8. The summed E-state index contributed by atoms with van der Waals surface area (Å²) in [7, 11) is 0. The lowest BCUT2D eigenvalue weighted by atomic mass is 10.1. The minimum absolute atomic E-state index is 0.189. The van der Waals surface area contributed by atoms with E-state index in [0.29, 0.717) is 18.5 Å². The zero-order chi connectivity index (χ0) is 16.7. The molecule has 0 atom stereocenters. The van der Waals surface area contributed by atoms with Crippen LogP contribution in [0, 0.1) is 6.92 Å². The van der Waals surface area contributed by atoms with Gasteiger partial charge in [-0.3, -0.25) is 14.3 Å². The van der Waals surface area contributed by atoms with E-state index >= 15 is 0 Å². The lowest BCUT2D eigenvalue weighted by molar-refractivity contribution is 0.302. The van der Waals surface area contributed by atoms with Crippen molar-refractivity contribution in [3.8, 4) is 0 Å². The van der Waals surface area contributed by atoms with Gasteiger partial charge in [-0.05, 0) is 37.3 Å². The largest absolute Gasteiger partial charge is 0.396 e. The summed E-state index contributed by atoms with van der Waals surface area (Å²) in [5.41, 5.74) is 2.04. The molecule has 122 valence electrons. The summed E-state index contributed by atoms with van der Waals surface area (Å²) in [4.78, 5) is 25.5. The summed E-state index contributed by atoms with van der Waals surface area (Å²) in [6, 6.07) is 8.11. The third-order valence-corrected chi connectivity index (χ3v) is 3.63. The number of hydrogen-bond acceptors (Lipinski definition) is 3. The number of aliphatic hydroxyl groups is 1. The van der Waals surface area contributed by atoms with Gasteiger partial charge in [-0.25, -0.2) is 4.79 Å². The first-order valence-corrected chi connectivity index (χ1v) is 7.74. The Balaban J connectivity index is 1.99. The van der Waals surface area contributed by atoms with Gasteiger partial charge < -0.3 is 5.11 Å². The van der Waals surface area contributed by atoms with E-state index in [1.165, 1.54) is 10.1 Å². The number of aromatic nitrogens is 2.